The third-order valence-corrected chi connectivity index (χ3v) is 4.54. The number of aliphatic carboxylic acids is 1. The van der Waals surface area contributed by atoms with Crippen LogP contribution in [0.4, 0.5) is 0 Å². The lowest BCUT2D eigenvalue weighted by Crippen LogP contribution is -2.41. The molecule has 2 amide bonds. The van der Waals surface area contributed by atoms with Gasteiger partial charge in [0.15, 0.2) is 0 Å². The van der Waals surface area contributed by atoms with Crippen molar-refractivity contribution in [2.75, 3.05) is 0 Å². The highest BCUT2D eigenvalue weighted by Gasteiger charge is 2.20. The van der Waals surface area contributed by atoms with Crippen molar-refractivity contribution in [1.82, 2.24) is 10.6 Å². The van der Waals surface area contributed by atoms with Crippen LogP contribution >= 0.6 is 0 Å². The van der Waals surface area contributed by atoms with Gasteiger partial charge in [-0.1, -0.05) is 55.7 Å². The summed E-state index contributed by atoms with van der Waals surface area (Å²) in [6.45, 7) is 5.55. The zero-order valence-electron chi connectivity index (χ0n) is 16.7. The van der Waals surface area contributed by atoms with Crippen LogP contribution in [0.2, 0.25) is 0 Å². The second-order valence-electron chi connectivity index (χ2n) is 6.94. The van der Waals surface area contributed by atoms with Gasteiger partial charge in [0.2, 0.25) is 11.8 Å². The number of carbonyl (C=O) groups excluding carboxylic acids is 2. The van der Waals surface area contributed by atoms with Gasteiger partial charge in [-0.05, 0) is 31.7 Å². The van der Waals surface area contributed by atoms with Crippen molar-refractivity contribution in [2.24, 2.45) is 0 Å². The van der Waals surface area contributed by atoms with Gasteiger partial charge >= 0.3 is 5.97 Å². The number of allylic oxidation sites excluding steroid dienone is 1. The van der Waals surface area contributed by atoms with Crippen molar-refractivity contribution in [1.29, 1.82) is 0 Å². The zero-order valence-corrected chi connectivity index (χ0v) is 16.7. The van der Waals surface area contributed by atoms with Gasteiger partial charge in [-0.2, -0.15) is 0 Å². The van der Waals surface area contributed by atoms with Gasteiger partial charge in [-0.3, -0.25) is 9.59 Å². The number of carboxylic acid groups (broad SMARTS) is 1. The van der Waals surface area contributed by atoms with Gasteiger partial charge in [-0.15, -0.1) is 6.58 Å². The Labute approximate surface area is 167 Å². The van der Waals surface area contributed by atoms with Crippen LogP contribution in [-0.2, 0) is 14.4 Å². The molecular formula is C22H32N2O4. The monoisotopic (exact) mass is 388 g/mol. The molecule has 0 aromatic heterocycles. The van der Waals surface area contributed by atoms with Crippen molar-refractivity contribution < 1.29 is 19.5 Å². The highest BCUT2D eigenvalue weighted by atomic mass is 16.4. The molecule has 0 aliphatic carbocycles. The number of hydrogen-bond donors (Lipinski definition) is 3. The van der Waals surface area contributed by atoms with Gasteiger partial charge in [0, 0.05) is 12.8 Å². The van der Waals surface area contributed by atoms with Crippen LogP contribution in [0.25, 0.3) is 0 Å². The minimum atomic E-state index is -1.04. The first-order valence-corrected chi connectivity index (χ1v) is 9.91. The first-order chi connectivity index (χ1) is 13.4. The molecule has 0 saturated carbocycles. The molecule has 28 heavy (non-hydrogen) atoms. The average molecular weight is 389 g/mol. The van der Waals surface area contributed by atoms with Crippen LogP contribution < -0.4 is 10.6 Å². The molecule has 154 valence electrons. The van der Waals surface area contributed by atoms with Crippen LogP contribution in [0.3, 0.4) is 0 Å². The molecule has 1 rings (SSSR count). The molecular weight excluding hydrogens is 356 g/mol. The number of carboxylic acids is 1. The Morgan fingerprint density at radius 3 is 2.21 bits per heavy atom. The third kappa shape index (κ3) is 9.90. The summed E-state index contributed by atoms with van der Waals surface area (Å²) in [6.07, 6.45) is 6.95. The Bertz CT molecular complexity index is 631. The summed E-state index contributed by atoms with van der Waals surface area (Å²) in [6, 6.07) is 8.50. The van der Waals surface area contributed by atoms with Gasteiger partial charge in [0.1, 0.15) is 6.04 Å². The van der Waals surface area contributed by atoms with E-state index in [1.54, 1.807) is 0 Å². The SMILES string of the molecule is C=CCCCCCC[C@@H](NC(=O)CCC(=O)N[C@H](C)c1ccccc1)C(=O)O. The normalized spacial score (nSPS) is 12.6. The number of nitrogens with one attached hydrogen (secondary N) is 2. The minimum absolute atomic E-state index is 0.0247. The van der Waals surface area contributed by atoms with E-state index < -0.39 is 17.9 Å². The van der Waals surface area contributed by atoms with Crippen LogP contribution in [-0.4, -0.2) is 28.9 Å². The first kappa shape index (κ1) is 23.4. The molecule has 6 nitrogen and oxygen atoms in total. The predicted octanol–water partition coefficient (Wildman–Crippen LogP) is 3.74. The van der Waals surface area contributed by atoms with Gasteiger partial charge in [0.05, 0.1) is 6.04 Å². The Morgan fingerprint density at radius 1 is 1.00 bits per heavy atom. The molecule has 1 aromatic carbocycles. The Morgan fingerprint density at radius 2 is 1.61 bits per heavy atom. The summed E-state index contributed by atoms with van der Waals surface area (Å²) in [4.78, 5) is 35.4. The summed E-state index contributed by atoms with van der Waals surface area (Å²) in [7, 11) is 0. The molecule has 0 aliphatic heterocycles. The highest BCUT2D eigenvalue weighted by Crippen LogP contribution is 2.12. The second-order valence-corrected chi connectivity index (χ2v) is 6.94. The molecule has 6 heteroatoms. The molecule has 0 spiro atoms. The molecule has 0 fully saturated rings. The summed E-state index contributed by atoms with van der Waals surface area (Å²) in [5, 5.41) is 14.6. The van der Waals surface area contributed by atoms with Crippen molar-refractivity contribution >= 4 is 17.8 Å². The van der Waals surface area contributed by atoms with E-state index in [0.29, 0.717) is 6.42 Å². The maximum atomic E-state index is 12.0. The molecule has 0 heterocycles. The number of hydrogen-bond acceptors (Lipinski definition) is 3. The lowest BCUT2D eigenvalue weighted by Gasteiger charge is -2.16. The average Bonchev–Trinajstić information content (AvgIpc) is 2.68. The van der Waals surface area contributed by atoms with Gasteiger partial charge in [-0.25, -0.2) is 4.79 Å². The maximum absolute atomic E-state index is 12.0. The summed E-state index contributed by atoms with van der Waals surface area (Å²) in [5.74, 6) is -1.69. The van der Waals surface area contributed by atoms with Crippen LogP contribution in [0.5, 0.6) is 0 Å². The van der Waals surface area contributed by atoms with E-state index in [-0.39, 0.29) is 24.8 Å². The molecule has 0 saturated heterocycles. The molecule has 2 atom stereocenters. The Balaban J connectivity index is 2.30. The van der Waals surface area contributed by atoms with Crippen LogP contribution in [0.1, 0.15) is 69.9 Å². The fraction of sp³-hybridized carbons (Fsp3) is 0.500. The maximum Gasteiger partial charge on any atom is 0.326 e. The van der Waals surface area contributed by atoms with E-state index in [1.165, 1.54) is 0 Å². The molecule has 0 aliphatic rings. The fourth-order valence-corrected chi connectivity index (χ4v) is 2.88. The number of amides is 2. The Hall–Kier alpha value is -2.63. The van der Waals surface area contributed by atoms with E-state index in [9.17, 15) is 19.5 Å². The lowest BCUT2D eigenvalue weighted by atomic mass is 10.1. The number of benzene rings is 1. The largest absolute Gasteiger partial charge is 0.480 e. The summed E-state index contributed by atoms with van der Waals surface area (Å²) < 4.78 is 0. The number of carbonyl (C=O) groups is 3. The quantitative estimate of drug-likeness (QED) is 0.334. The number of unbranched alkanes of at least 4 members (excludes halogenated alkanes) is 4. The molecule has 0 bridgehead atoms. The zero-order chi connectivity index (χ0) is 20.8. The van der Waals surface area contributed by atoms with Crippen molar-refractivity contribution in [3.05, 3.63) is 48.6 Å². The lowest BCUT2D eigenvalue weighted by molar-refractivity contribution is -0.142. The van der Waals surface area contributed by atoms with Gasteiger partial charge in [0.25, 0.3) is 0 Å². The fourth-order valence-electron chi connectivity index (χ4n) is 2.88. The van der Waals surface area contributed by atoms with Crippen molar-refractivity contribution in [2.45, 2.75) is 70.4 Å². The van der Waals surface area contributed by atoms with E-state index in [2.05, 4.69) is 17.2 Å². The second kappa shape index (κ2) is 13.5. The smallest absolute Gasteiger partial charge is 0.326 e. The number of rotatable bonds is 14. The molecule has 0 unspecified atom stereocenters. The predicted molar refractivity (Wildman–Crippen MR) is 110 cm³/mol. The first-order valence-electron chi connectivity index (χ1n) is 9.91. The summed E-state index contributed by atoms with van der Waals surface area (Å²) in [5.41, 5.74) is 0.985. The highest BCUT2D eigenvalue weighted by molar-refractivity contribution is 5.87. The molecule has 1 aromatic rings. The van der Waals surface area contributed by atoms with Crippen LogP contribution in [0, 0.1) is 0 Å². The van der Waals surface area contributed by atoms with Gasteiger partial charge < -0.3 is 15.7 Å². The third-order valence-electron chi connectivity index (χ3n) is 4.54. The topological polar surface area (TPSA) is 95.5 Å². The van der Waals surface area contributed by atoms with Crippen molar-refractivity contribution in [3.8, 4) is 0 Å². The van der Waals surface area contributed by atoms with Crippen LogP contribution in [0.15, 0.2) is 43.0 Å². The molecule has 0 radical (unpaired) electrons. The standard InChI is InChI=1S/C22H32N2O4/c1-3-4-5-6-7-11-14-19(22(27)28)24-21(26)16-15-20(25)23-17(2)18-12-9-8-10-13-18/h3,8-10,12-13,17,19H,1,4-7,11,14-16H2,2H3,(H,23,25)(H,24,26)(H,27,28)/t17-,19-/m1/s1. The Kier molecular flexibility index (Phi) is 11.3. The summed E-state index contributed by atoms with van der Waals surface area (Å²) >= 11 is 0. The van der Waals surface area contributed by atoms with Crippen molar-refractivity contribution in [3.63, 3.8) is 0 Å². The van der Waals surface area contributed by atoms with E-state index >= 15 is 0 Å². The molecule has 3 N–H and O–H groups in total. The van der Waals surface area contributed by atoms with E-state index in [0.717, 1.165) is 37.7 Å². The van der Waals surface area contributed by atoms with E-state index in [1.807, 2.05) is 43.3 Å². The minimum Gasteiger partial charge on any atom is -0.480 e. The van der Waals surface area contributed by atoms with E-state index in [4.69, 9.17) is 0 Å².